The zero-order valence-electron chi connectivity index (χ0n) is 16.2. The maximum atomic E-state index is 13.9. The quantitative estimate of drug-likeness (QED) is 0.758. The summed E-state index contributed by atoms with van der Waals surface area (Å²) in [4.78, 5) is 13.5. The van der Waals surface area contributed by atoms with Crippen molar-refractivity contribution in [3.8, 4) is 11.5 Å². The minimum Gasteiger partial charge on any atom is -0.493 e. The number of rotatable bonds is 7. The van der Waals surface area contributed by atoms with Crippen LogP contribution in [0.5, 0.6) is 11.5 Å². The normalized spacial score (nSPS) is 13.0. The number of methoxy groups -OCH3 is 2. The van der Waals surface area contributed by atoms with Gasteiger partial charge in [-0.3, -0.25) is 4.79 Å². The number of hydrogen-bond donors (Lipinski definition) is 2. The number of benzene rings is 2. The van der Waals surface area contributed by atoms with Gasteiger partial charge in [-0.25, -0.2) is 4.39 Å². The lowest BCUT2D eigenvalue weighted by atomic mass is 10.1. The number of halogens is 2. The second-order valence-corrected chi connectivity index (χ2v) is 6.93. The minimum atomic E-state index is -0.559. The molecule has 5 nitrogen and oxygen atoms in total. The van der Waals surface area contributed by atoms with Crippen LogP contribution >= 0.6 is 11.6 Å². The lowest BCUT2D eigenvalue weighted by molar-refractivity contribution is -0.907. The summed E-state index contributed by atoms with van der Waals surface area (Å²) in [7, 11) is 5.10. The SMILES string of the molecule is COc1cc(C)c(C[NH+](C)[C@H](C)C(=O)Nc2ccc(Cl)cc2F)cc1OC. The Labute approximate surface area is 164 Å². The van der Waals surface area contributed by atoms with E-state index in [-0.39, 0.29) is 16.6 Å². The highest BCUT2D eigenvalue weighted by atomic mass is 35.5. The van der Waals surface area contributed by atoms with E-state index >= 15 is 0 Å². The van der Waals surface area contributed by atoms with Gasteiger partial charge in [0, 0.05) is 10.6 Å². The van der Waals surface area contributed by atoms with Gasteiger partial charge in [0.25, 0.3) is 5.91 Å². The van der Waals surface area contributed by atoms with Crippen LogP contribution in [0.4, 0.5) is 10.1 Å². The number of ether oxygens (including phenoxy) is 2. The van der Waals surface area contributed by atoms with Gasteiger partial charge in [0.05, 0.1) is 27.0 Å². The van der Waals surface area contributed by atoms with Crippen LogP contribution in [0.25, 0.3) is 0 Å². The Bertz CT molecular complexity index is 829. The molecule has 7 heteroatoms. The molecule has 0 heterocycles. The van der Waals surface area contributed by atoms with Crippen LogP contribution in [0.2, 0.25) is 5.02 Å². The molecule has 0 fully saturated rings. The molecule has 0 bridgehead atoms. The highest BCUT2D eigenvalue weighted by molar-refractivity contribution is 6.30. The first-order valence-corrected chi connectivity index (χ1v) is 8.94. The lowest BCUT2D eigenvalue weighted by Gasteiger charge is -2.22. The number of aryl methyl sites for hydroxylation is 1. The lowest BCUT2D eigenvalue weighted by Crippen LogP contribution is -3.12. The molecule has 0 aromatic heterocycles. The van der Waals surface area contributed by atoms with Crippen molar-refractivity contribution in [3.05, 3.63) is 52.3 Å². The second-order valence-electron chi connectivity index (χ2n) is 6.49. The Kier molecular flexibility index (Phi) is 7.05. The van der Waals surface area contributed by atoms with Crippen molar-refractivity contribution in [1.82, 2.24) is 0 Å². The fourth-order valence-electron chi connectivity index (χ4n) is 2.72. The number of hydrogen-bond acceptors (Lipinski definition) is 3. The van der Waals surface area contributed by atoms with Crippen molar-refractivity contribution < 1.29 is 23.6 Å². The first-order chi connectivity index (χ1) is 12.8. The molecule has 2 atom stereocenters. The molecule has 0 aliphatic carbocycles. The smallest absolute Gasteiger partial charge is 0.282 e. The molecule has 1 unspecified atom stereocenters. The summed E-state index contributed by atoms with van der Waals surface area (Å²) in [6, 6.07) is 7.60. The van der Waals surface area contributed by atoms with Gasteiger partial charge in [-0.15, -0.1) is 0 Å². The molecular formula is C20H25ClFN2O3+. The van der Waals surface area contributed by atoms with Gasteiger partial charge in [-0.1, -0.05) is 11.6 Å². The van der Waals surface area contributed by atoms with Gasteiger partial charge in [-0.2, -0.15) is 0 Å². The summed E-state index contributed by atoms with van der Waals surface area (Å²) in [6.07, 6.45) is 0. The van der Waals surface area contributed by atoms with Gasteiger partial charge < -0.3 is 19.7 Å². The van der Waals surface area contributed by atoms with Crippen LogP contribution < -0.4 is 19.7 Å². The van der Waals surface area contributed by atoms with E-state index in [9.17, 15) is 9.18 Å². The van der Waals surface area contributed by atoms with Crippen molar-refractivity contribution in [2.75, 3.05) is 26.6 Å². The summed E-state index contributed by atoms with van der Waals surface area (Å²) in [5.74, 6) is 0.481. The number of carbonyl (C=O) groups excluding carboxylic acids is 1. The molecule has 2 rings (SSSR count). The maximum Gasteiger partial charge on any atom is 0.282 e. The van der Waals surface area contributed by atoms with E-state index in [1.807, 2.05) is 26.1 Å². The van der Waals surface area contributed by atoms with Crippen molar-refractivity contribution in [1.29, 1.82) is 0 Å². The molecule has 146 valence electrons. The molecule has 1 amide bonds. The predicted octanol–water partition coefficient (Wildman–Crippen LogP) is 2.85. The van der Waals surface area contributed by atoms with E-state index in [1.54, 1.807) is 21.1 Å². The molecule has 2 aromatic carbocycles. The van der Waals surface area contributed by atoms with Crippen LogP contribution in [0.3, 0.4) is 0 Å². The fraction of sp³-hybridized carbons (Fsp3) is 0.350. The maximum absolute atomic E-state index is 13.9. The van der Waals surface area contributed by atoms with E-state index < -0.39 is 11.9 Å². The molecule has 0 spiro atoms. The molecule has 0 saturated carbocycles. The minimum absolute atomic E-state index is 0.117. The standard InChI is InChI=1S/C20H24ClFN2O3/c1-12-8-18(26-4)19(27-5)9-14(12)11-24(3)13(2)20(25)23-17-7-6-15(21)10-16(17)22/h6-10,13H,11H2,1-5H3,(H,23,25)/p+1/t13-/m1/s1. The summed E-state index contributed by atoms with van der Waals surface area (Å²) < 4.78 is 24.6. The van der Waals surface area contributed by atoms with E-state index in [2.05, 4.69) is 5.32 Å². The number of amides is 1. The predicted molar refractivity (Wildman–Crippen MR) is 104 cm³/mol. The molecule has 2 N–H and O–H groups in total. The zero-order chi connectivity index (χ0) is 20.1. The van der Waals surface area contributed by atoms with Crippen LogP contribution in [0.15, 0.2) is 30.3 Å². The second kappa shape index (κ2) is 9.06. The average molecular weight is 396 g/mol. The summed E-state index contributed by atoms with van der Waals surface area (Å²) in [5, 5.41) is 2.90. The third-order valence-corrected chi connectivity index (χ3v) is 4.87. The molecule has 0 aliphatic rings. The number of nitrogens with one attached hydrogen (secondary N) is 2. The van der Waals surface area contributed by atoms with Crippen LogP contribution in [0, 0.1) is 12.7 Å². The number of anilines is 1. The van der Waals surface area contributed by atoms with E-state index in [0.29, 0.717) is 18.0 Å². The van der Waals surface area contributed by atoms with Crippen molar-refractivity contribution >= 4 is 23.2 Å². The molecule has 27 heavy (non-hydrogen) atoms. The highest BCUT2D eigenvalue weighted by Gasteiger charge is 2.24. The van der Waals surface area contributed by atoms with Crippen LogP contribution in [-0.2, 0) is 11.3 Å². The Morgan fingerprint density at radius 3 is 2.44 bits per heavy atom. The van der Waals surface area contributed by atoms with Gasteiger partial charge >= 0.3 is 0 Å². The van der Waals surface area contributed by atoms with Crippen molar-refractivity contribution in [2.45, 2.75) is 26.4 Å². The van der Waals surface area contributed by atoms with Gasteiger partial charge in [-0.05, 0) is 49.7 Å². The van der Waals surface area contributed by atoms with Gasteiger partial charge in [0.1, 0.15) is 12.4 Å². The van der Waals surface area contributed by atoms with Crippen molar-refractivity contribution in [3.63, 3.8) is 0 Å². The van der Waals surface area contributed by atoms with E-state index in [4.69, 9.17) is 21.1 Å². The molecular weight excluding hydrogens is 371 g/mol. The number of carbonyl (C=O) groups is 1. The van der Waals surface area contributed by atoms with Crippen LogP contribution in [-0.4, -0.2) is 33.2 Å². The third kappa shape index (κ3) is 5.11. The number of likely N-dealkylation sites (N-methyl/N-ethyl adjacent to an activating group) is 1. The molecule has 0 aliphatic heterocycles. The molecule has 0 radical (unpaired) electrons. The van der Waals surface area contributed by atoms with E-state index in [1.165, 1.54) is 18.2 Å². The van der Waals surface area contributed by atoms with Gasteiger partial charge in [0.15, 0.2) is 17.5 Å². The summed E-state index contributed by atoms with van der Waals surface area (Å²) in [6.45, 7) is 4.39. The first-order valence-electron chi connectivity index (χ1n) is 8.56. The Morgan fingerprint density at radius 2 is 1.85 bits per heavy atom. The monoisotopic (exact) mass is 395 g/mol. The number of quaternary nitrogens is 1. The Hall–Kier alpha value is -2.31. The zero-order valence-corrected chi connectivity index (χ0v) is 16.9. The van der Waals surface area contributed by atoms with E-state index in [0.717, 1.165) is 16.0 Å². The largest absolute Gasteiger partial charge is 0.493 e. The molecule has 0 saturated heterocycles. The Morgan fingerprint density at radius 1 is 1.22 bits per heavy atom. The van der Waals surface area contributed by atoms with Crippen molar-refractivity contribution in [2.24, 2.45) is 0 Å². The Balaban J connectivity index is 2.10. The first kappa shape index (κ1) is 21.0. The third-order valence-electron chi connectivity index (χ3n) is 4.63. The fourth-order valence-corrected chi connectivity index (χ4v) is 2.88. The highest BCUT2D eigenvalue weighted by Crippen LogP contribution is 2.30. The van der Waals surface area contributed by atoms with Gasteiger partial charge in [0.2, 0.25) is 0 Å². The average Bonchev–Trinajstić information content (AvgIpc) is 2.64. The topological polar surface area (TPSA) is 52.0 Å². The van der Waals surface area contributed by atoms with Crippen LogP contribution in [0.1, 0.15) is 18.1 Å². The summed E-state index contributed by atoms with van der Waals surface area (Å²) in [5.41, 5.74) is 2.21. The summed E-state index contributed by atoms with van der Waals surface area (Å²) >= 11 is 5.74. The molecule has 2 aromatic rings.